The zero-order valence-electron chi connectivity index (χ0n) is 15.8. The van der Waals surface area contributed by atoms with Gasteiger partial charge in [-0.3, -0.25) is 4.57 Å². The molecule has 2 nitrogen and oxygen atoms in total. The number of para-hydroxylation sites is 2. The Bertz CT molecular complexity index is 1490. The van der Waals surface area contributed by atoms with Crippen molar-refractivity contribution in [3.8, 4) is 17.1 Å². The largest absolute Gasteiger partial charge is 0.292 e. The fourth-order valence-corrected chi connectivity index (χ4v) is 4.20. The third-order valence-electron chi connectivity index (χ3n) is 5.56. The van der Waals surface area contributed by atoms with Crippen LogP contribution >= 0.6 is 0 Å². The topological polar surface area (TPSA) is 17.8 Å². The first-order valence-electron chi connectivity index (χ1n) is 9.83. The van der Waals surface area contributed by atoms with Gasteiger partial charge in [-0.2, -0.15) is 0 Å². The molecule has 1 heterocycles. The molecule has 0 spiro atoms. The summed E-state index contributed by atoms with van der Waals surface area (Å²) in [6.07, 6.45) is 0. The van der Waals surface area contributed by atoms with Crippen molar-refractivity contribution in [3.05, 3.63) is 109 Å². The van der Waals surface area contributed by atoms with Gasteiger partial charge < -0.3 is 0 Å². The Kier molecular flexibility index (Phi) is 3.50. The summed E-state index contributed by atoms with van der Waals surface area (Å²) in [4.78, 5) is 4.99. The van der Waals surface area contributed by atoms with E-state index >= 15 is 0 Å². The van der Waals surface area contributed by atoms with Gasteiger partial charge in [-0.15, -0.1) is 0 Å². The molecule has 6 rings (SSSR count). The van der Waals surface area contributed by atoms with Crippen LogP contribution in [-0.4, -0.2) is 9.55 Å². The van der Waals surface area contributed by atoms with Crippen LogP contribution in [0.15, 0.2) is 109 Å². The standard InChI is InChI=1S/C27H18N2/c1-2-9-19(10-3-1)27-28-24-14-6-7-15-26(24)29(27)25-16-8-13-22-17-20-11-4-5-12-21(20)18-23(22)25/h1-18H. The van der Waals surface area contributed by atoms with Gasteiger partial charge in [0.15, 0.2) is 0 Å². The molecular weight excluding hydrogens is 352 g/mol. The summed E-state index contributed by atoms with van der Waals surface area (Å²) in [6.45, 7) is 0. The summed E-state index contributed by atoms with van der Waals surface area (Å²) < 4.78 is 2.29. The maximum Gasteiger partial charge on any atom is 0.145 e. The maximum atomic E-state index is 4.99. The predicted octanol–water partition coefficient (Wildman–Crippen LogP) is 7.00. The molecular formula is C27H18N2. The SMILES string of the molecule is c1ccc(-c2nc3ccccc3n2-c2cccc3cc4ccccc4cc23)cc1. The number of benzene rings is 5. The molecule has 0 fully saturated rings. The highest BCUT2D eigenvalue weighted by Crippen LogP contribution is 2.33. The molecule has 0 aliphatic carbocycles. The van der Waals surface area contributed by atoms with Crippen molar-refractivity contribution < 1.29 is 0 Å². The van der Waals surface area contributed by atoms with Crippen LogP contribution in [0, 0.1) is 0 Å². The quantitative estimate of drug-likeness (QED) is 0.300. The predicted molar refractivity (Wildman–Crippen MR) is 122 cm³/mol. The number of nitrogens with zero attached hydrogens (tertiary/aromatic N) is 2. The van der Waals surface area contributed by atoms with Gasteiger partial charge in [-0.05, 0) is 46.5 Å². The Morgan fingerprint density at radius 1 is 0.552 bits per heavy atom. The minimum atomic E-state index is 0.965. The molecule has 0 amide bonds. The van der Waals surface area contributed by atoms with E-state index in [0.29, 0.717) is 0 Å². The number of hydrogen-bond acceptors (Lipinski definition) is 1. The lowest BCUT2D eigenvalue weighted by Gasteiger charge is -2.13. The second-order valence-corrected chi connectivity index (χ2v) is 7.32. The van der Waals surface area contributed by atoms with Gasteiger partial charge in [0.1, 0.15) is 5.82 Å². The summed E-state index contributed by atoms with van der Waals surface area (Å²) in [5.41, 5.74) is 4.39. The molecule has 0 atom stereocenters. The van der Waals surface area contributed by atoms with Gasteiger partial charge >= 0.3 is 0 Å². The Morgan fingerprint density at radius 3 is 2.10 bits per heavy atom. The minimum absolute atomic E-state index is 0.965. The van der Waals surface area contributed by atoms with Crippen molar-refractivity contribution in [3.63, 3.8) is 0 Å². The first kappa shape index (κ1) is 16.1. The fourth-order valence-electron chi connectivity index (χ4n) is 4.20. The van der Waals surface area contributed by atoms with Gasteiger partial charge in [-0.1, -0.05) is 78.9 Å². The highest BCUT2D eigenvalue weighted by molar-refractivity contribution is 6.03. The smallest absolute Gasteiger partial charge is 0.145 e. The van der Waals surface area contributed by atoms with E-state index in [1.54, 1.807) is 0 Å². The summed E-state index contributed by atoms with van der Waals surface area (Å²) in [6, 6.07) is 38.4. The zero-order chi connectivity index (χ0) is 19.2. The van der Waals surface area contributed by atoms with Gasteiger partial charge in [0.2, 0.25) is 0 Å². The van der Waals surface area contributed by atoms with Crippen LogP contribution in [0.5, 0.6) is 0 Å². The second kappa shape index (κ2) is 6.32. The summed E-state index contributed by atoms with van der Waals surface area (Å²) >= 11 is 0. The molecule has 0 aliphatic heterocycles. The molecule has 5 aromatic carbocycles. The van der Waals surface area contributed by atoms with E-state index in [4.69, 9.17) is 4.98 Å². The van der Waals surface area contributed by atoms with Crippen molar-refractivity contribution in [2.75, 3.05) is 0 Å². The van der Waals surface area contributed by atoms with E-state index < -0.39 is 0 Å². The van der Waals surface area contributed by atoms with E-state index in [1.165, 1.54) is 21.5 Å². The molecule has 136 valence electrons. The second-order valence-electron chi connectivity index (χ2n) is 7.32. The number of hydrogen-bond donors (Lipinski definition) is 0. The molecule has 0 N–H and O–H groups in total. The minimum Gasteiger partial charge on any atom is -0.292 e. The fraction of sp³-hybridized carbons (Fsp3) is 0. The van der Waals surface area contributed by atoms with E-state index in [-0.39, 0.29) is 0 Å². The molecule has 29 heavy (non-hydrogen) atoms. The molecule has 0 saturated heterocycles. The van der Waals surface area contributed by atoms with Crippen molar-refractivity contribution in [2.45, 2.75) is 0 Å². The van der Waals surface area contributed by atoms with Gasteiger partial charge in [0, 0.05) is 10.9 Å². The monoisotopic (exact) mass is 370 g/mol. The van der Waals surface area contributed by atoms with E-state index in [2.05, 4.69) is 102 Å². The number of fused-ring (bicyclic) bond motifs is 3. The average molecular weight is 370 g/mol. The lowest BCUT2D eigenvalue weighted by Crippen LogP contribution is -1.98. The maximum absolute atomic E-state index is 4.99. The zero-order valence-corrected chi connectivity index (χ0v) is 15.8. The first-order valence-corrected chi connectivity index (χ1v) is 9.83. The third-order valence-corrected chi connectivity index (χ3v) is 5.56. The van der Waals surface area contributed by atoms with Crippen LogP contribution in [-0.2, 0) is 0 Å². The summed E-state index contributed by atoms with van der Waals surface area (Å²) in [5, 5.41) is 4.97. The lowest BCUT2D eigenvalue weighted by molar-refractivity contribution is 1.12. The summed E-state index contributed by atoms with van der Waals surface area (Å²) in [5.74, 6) is 0.965. The van der Waals surface area contributed by atoms with E-state index in [9.17, 15) is 0 Å². The molecule has 0 unspecified atom stereocenters. The van der Waals surface area contributed by atoms with E-state index in [1.807, 2.05) is 12.1 Å². The Balaban J connectivity index is 1.74. The number of rotatable bonds is 2. The Morgan fingerprint density at radius 2 is 1.24 bits per heavy atom. The molecule has 1 aromatic heterocycles. The van der Waals surface area contributed by atoms with Crippen LogP contribution in [0.25, 0.3) is 49.7 Å². The van der Waals surface area contributed by atoms with Crippen molar-refractivity contribution >= 4 is 32.6 Å². The highest BCUT2D eigenvalue weighted by atomic mass is 15.1. The first-order chi connectivity index (χ1) is 14.4. The normalized spacial score (nSPS) is 11.4. The summed E-state index contributed by atoms with van der Waals surface area (Å²) in [7, 11) is 0. The van der Waals surface area contributed by atoms with Crippen LogP contribution in [0.4, 0.5) is 0 Å². The van der Waals surface area contributed by atoms with Crippen molar-refractivity contribution in [2.24, 2.45) is 0 Å². The molecule has 2 heteroatoms. The number of aromatic nitrogens is 2. The molecule has 6 aromatic rings. The van der Waals surface area contributed by atoms with E-state index in [0.717, 1.165) is 28.1 Å². The third kappa shape index (κ3) is 2.54. The van der Waals surface area contributed by atoms with Gasteiger partial charge in [-0.25, -0.2) is 4.98 Å². The van der Waals surface area contributed by atoms with Crippen LogP contribution in [0.1, 0.15) is 0 Å². The highest BCUT2D eigenvalue weighted by Gasteiger charge is 2.16. The molecule has 0 aliphatic rings. The molecule has 0 radical (unpaired) electrons. The van der Waals surface area contributed by atoms with Crippen LogP contribution in [0.3, 0.4) is 0 Å². The van der Waals surface area contributed by atoms with Crippen LogP contribution < -0.4 is 0 Å². The van der Waals surface area contributed by atoms with Gasteiger partial charge in [0.05, 0.1) is 16.7 Å². The lowest BCUT2D eigenvalue weighted by atomic mass is 10.0. The Hall–Kier alpha value is -3.91. The molecule has 0 bridgehead atoms. The molecule has 0 saturated carbocycles. The average Bonchev–Trinajstić information content (AvgIpc) is 3.17. The van der Waals surface area contributed by atoms with Crippen molar-refractivity contribution in [1.82, 2.24) is 9.55 Å². The van der Waals surface area contributed by atoms with Gasteiger partial charge in [0.25, 0.3) is 0 Å². The Labute approximate surface area is 168 Å². The number of imidazole rings is 1. The van der Waals surface area contributed by atoms with Crippen LogP contribution in [0.2, 0.25) is 0 Å². The van der Waals surface area contributed by atoms with Crippen molar-refractivity contribution in [1.29, 1.82) is 0 Å².